The van der Waals surface area contributed by atoms with Crippen molar-refractivity contribution >= 4 is 17.7 Å². The highest BCUT2D eigenvalue weighted by Crippen LogP contribution is 2.20. The summed E-state index contributed by atoms with van der Waals surface area (Å²) in [6.07, 6.45) is 1.04. The van der Waals surface area contributed by atoms with Crippen LogP contribution in [0.25, 0.3) is 0 Å². The Morgan fingerprint density at radius 2 is 1.82 bits per heavy atom. The van der Waals surface area contributed by atoms with E-state index in [2.05, 4.69) is 10.3 Å². The van der Waals surface area contributed by atoms with E-state index in [1.807, 2.05) is 37.3 Å². The van der Waals surface area contributed by atoms with Gasteiger partial charge in [0.05, 0.1) is 12.5 Å². The van der Waals surface area contributed by atoms with Gasteiger partial charge in [-0.1, -0.05) is 37.3 Å². The van der Waals surface area contributed by atoms with Gasteiger partial charge in [-0.2, -0.15) is 0 Å². The SMILES string of the molecule is CCOC(=O)C(CNC(=O)c1[nH]c(C)c(C(C)=O)c1CC)Cc1ccccc1. The van der Waals surface area contributed by atoms with E-state index >= 15 is 0 Å². The van der Waals surface area contributed by atoms with Gasteiger partial charge in [0, 0.05) is 17.8 Å². The van der Waals surface area contributed by atoms with Gasteiger partial charge < -0.3 is 15.0 Å². The molecule has 0 spiro atoms. The van der Waals surface area contributed by atoms with E-state index in [0.29, 0.717) is 35.4 Å². The van der Waals surface area contributed by atoms with E-state index in [-0.39, 0.29) is 30.8 Å². The smallest absolute Gasteiger partial charge is 0.311 e. The first kappa shape index (κ1) is 21.4. The molecular weight excluding hydrogens is 356 g/mol. The number of rotatable bonds is 9. The normalized spacial score (nSPS) is 11.7. The first-order valence-electron chi connectivity index (χ1n) is 9.60. The van der Waals surface area contributed by atoms with Crippen molar-refractivity contribution in [3.63, 3.8) is 0 Å². The minimum Gasteiger partial charge on any atom is -0.466 e. The first-order chi connectivity index (χ1) is 13.4. The first-order valence-corrected chi connectivity index (χ1v) is 9.60. The van der Waals surface area contributed by atoms with Gasteiger partial charge in [-0.25, -0.2) is 0 Å². The highest BCUT2D eigenvalue weighted by Gasteiger charge is 2.25. The van der Waals surface area contributed by atoms with Crippen LogP contribution in [0.4, 0.5) is 0 Å². The number of ether oxygens (including phenoxy) is 1. The molecule has 0 radical (unpaired) electrons. The molecule has 150 valence electrons. The Morgan fingerprint density at radius 1 is 1.14 bits per heavy atom. The van der Waals surface area contributed by atoms with Crippen LogP contribution in [0.3, 0.4) is 0 Å². The van der Waals surface area contributed by atoms with Crippen molar-refractivity contribution in [1.29, 1.82) is 0 Å². The molecule has 0 aliphatic carbocycles. The second-order valence-corrected chi connectivity index (χ2v) is 6.74. The number of esters is 1. The number of amides is 1. The molecule has 1 atom stereocenters. The third-order valence-corrected chi connectivity index (χ3v) is 4.68. The third kappa shape index (κ3) is 5.09. The molecule has 1 unspecified atom stereocenters. The number of ketones is 1. The number of aryl methyl sites for hydroxylation is 1. The maximum absolute atomic E-state index is 12.7. The predicted molar refractivity (Wildman–Crippen MR) is 108 cm³/mol. The Hall–Kier alpha value is -2.89. The van der Waals surface area contributed by atoms with Crippen LogP contribution in [-0.2, 0) is 22.4 Å². The fourth-order valence-corrected chi connectivity index (χ4v) is 3.40. The topological polar surface area (TPSA) is 88.3 Å². The number of carbonyl (C=O) groups excluding carboxylic acids is 3. The van der Waals surface area contributed by atoms with Gasteiger partial charge in [-0.3, -0.25) is 14.4 Å². The molecule has 6 nitrogen and oxygen atoms in total. The summed E-state index contributed by atoms with van der Waals surface area (Å²) in [4.78, 5) is 40.0. The van der Waals surface area contributed by atoms with Gasteiger partial charge >= 0.3 is 5.97 Å². The second-order valence-electron chi connectivity index (χ2n) is 6.74. The van der Waals surface area contributed by atoms with Crippen molar-refractivity contribution in [3.8, 4) is 0 Å². The van der Waals surface area contributed by atoms with Crippen molar-refractivity contribution in [2.75, 3.05) is 13.2 Å². The number of aromatic amines is 1. The molecule has 0 saturated heterocycles. The molecule has 1 aromatic heterocycles. The van der Waals surface area contributed by atoms with Crippen molar-refractivity contribution in [2.45, 2.75) is 40.5 Å². The lowest BCUT2D eigenvalue weighted by Crippen LogP contribution is -2.35. The largest absolute Gasteiger partial charge is 0.466 e. The molecule has 6 heteroatoms. The van der Waals surface area contributed by atoms with E-state index in [9.17, 15) is 14.4 Å². The van der Waals surface area contributed by atoms with Gasteiger partial charge in [0.25, 0.3) is 5.91 Å². The number of aromatic nitrogens is 1. The number of hydrogen-bond donors (Lipinski definition) is 2. The number of carbonyl (C=O) groups is 3. The lowest BCUT2D eigenvalue weighted by molar-refractivity contribution is -0.147. The highest BCUT2D eigenvalue weighted by molar-refractivity contribution is 6.02. The van der Waals surface area contributed by atoms with Crippen LogP contribution in [0.1, 0.15) is 58.4 Å². The maximum atomic E-state index is 12.7. The molecule has 1 amide bonds. The van der Waals surface area contributed by atoms with Gasteiger partial charge in [0.15, 0.2) is 5.78 Å². The average molecular weight is 384 g/mol. The Morgan fingerprint density at radius 3 is 2.39 bits per heavy atom. The zero-order valence-corrected chi connectivity index (χ0v) is 16.9. The molecular formula is C22H28N2O4. The zero-order valence-electron chi connectivity index (χ0n) is 16.9. The molecule has 0 saturated carbocycles. The minimum absolute atomic E-state index is 0.0712. The van der Waals surface area contributed by atoms with Crippen molar-refractivity contribution in [2.24, 2.45) is 5.92 Å². The molecule has 28 heavy (non-hydrogen) atoms. The number of hydrogen-bond acceptors (Lipinski definition) is 4. The second kappa shape index (κ2) is 9.88. The zero-order chi connectivity index (χ0) is 20.7. The van der Waals surface area contributed by atoms with Crippen LogP contribution in [-0.4, -0.2) is 35.8 Å². The number of benzene rings is 1. The molecule has 2 N–H and O–H groups in total. The number of H-pyrrole nitrogens is 1. The highest BCUT2D eigenvalue weighted by atomic mass is 16.5. The van der Waals surface area contributed by atoms with E-state index in [1.165, 1.54) is 6.92 Å². The lowest BCUT2D eigenvalue weighted by Gasteiger charge is -2.16. The van der Waals surface area contributed by atoms with Gasteiger partial charge in [-0.05, 0) is 44.7 Å². The fraction of sp³-hybridized carbons (Fsp3) is 0.409. The summed E-state index contributed by atoms with van der Waals surface area (Å²) in [6.45, 7) is 7.38. The van der Waals surface area contributed by atoms with Crippen LogP contribution in [0.15, 0.2) is 30.3 Å². The Balaban J connectivity index is 2.16. The summed E-state index contributed by atoms with van der Waals surface area (Å²) in [5.41, 5.74) is 3.34. The van der Waals surface area contributed by atoms with Crippen molar-refractivity contribution in [3.05, 3.63) is 58.4 Å². The molecule has 2 rings (SSSR count). The van der Waals surface area contributed by atoms with E-state index < -0.39 is 5.92 Å². The quantitative estimate of drug-likeness (QED) is 0.513. The van der Waals surface area contributed by atoms with Crippen LogP contribution in [0, 0.1) is 12.8 Å². The number of nitrogens with one attached hydrogen (secondary N) is 2. The van der Waals surface area contributed by atoms with E-state index in [1.54, 1.807) is 13.8 Å². The Labute approximate surface area is 165 Å². The molecule has 0 fully saturated rings. The van der Waals surface area contributed by atoms with Crippen LogP contribution < -0.4 is 5.32 Å². The van der Waals surface area contributed by atoms with Gasteiger partial charge in [-0.15, -0.1) is 0 Å². The minimum atomic E-state index is -0.486. The average Bonchev–Trinajstić information content (AvgIpc) is 3.02. The predicted octanol–water partition coefficient (Wildman–Crippen LogP) is 3.24. The summed E-state index contributed by atoms with van der Waals surface area (Å²) >= 11 is 0. The molecule has 1 aromatic carbocycles. The van der Waals surface area contributed by atoms with E-state index in [0.717, 1.165) is 5.56 Å². The molecule has 0 bridgehead atoms. The molecule has 0 aliphatic rings. The Bertz CT molecular complexity index is 840. The molecule has 0 aliphatic heterocycles. The monoisotopic (exact) mass is 384 g/mol. The third-order valence-electron chi connectivity index (χ3n) is 4.68. The summed E-state index contributed by atoms with van der Waals surface area (Å²) in [5.74, 6) is -1.22. The summed E-state index contributed by atoms with van der Waals surface area (Å²) in [5, 5.41) is 2.83. The Kier molecular flexibility index (Phi) is 7.55. The van der Waals surface area contributed by atoms with Crippen molar-refractivity contribution in [1.82, 2.24) is 10.3 Å². The van der Waals surface area contributed by atoms with Crippen LogP contribution >= 0.6 is 0 Å². The summed E-state index contributed by atoms with van der Waals surface area (Å²) in [7, 11) is 0. The van der Waals surface area contributed by atoms with E-state index in [4.69, 9.17) is 4.74 Å². The van der Waals surface area contributed by atoms with Gasteiger partial charge in [0.1, 0.15) is 5.69 Å². The molecule has 1 heterocycles. The summed E-state index contributed by atoms with van der Waals surface area (Å²) in [6, 6.07) is 9.62. The molecule has 2 aromatic rings. The van der Waals surface area contributed by atoms with Gasteiger partial charge in [0.2, 0.25) is 0 Å². The fourth-order valence-electron chi connectivity index (χ4n) is 3.40. The van der Waals surface area contributed by atoms with Crippen LogP contribution in [0.2, 0.25) is 0 Å². The maximum Gasteiger partial charge on any atom is 0.311 e. The summed E-state index contributed by atoms with van der Waals surface area (Å²) < 4.78 is 5.17. The standard InChI is InChI=1S/C22H28N2O4/c1-5-18-19(15(4)25)14(3)24-20(18)21(26)23-13-17(22(27)28-6-2)12-16-10-8-7-9-11-16/h7-11,17,24H,5-6,12-13H2,1-4H3,(H,23,26). The number of Topliss-reactive ketones (excluding diaryl/α,β-unsaturated/α-hetero) is 1. The van der Waals surface area contributed by atoms with Crippen LogP contribution in [0.5, 0.6) is 0 Å². The lowest BCUT2D eigenvalue weighted by atomic mass is 9.99. The van der Waals surface area contributed by atoms with Crippen molar-refractivity contribution < 1.29 is 19.1 Å².